The number of methoxy groups -OCH3 is 1. The fourth-order valence-corrected chi connectivity index (χ4v) is 3.34. The van der Waals surface area contributed by atoms with Crippen molar-refractivity contribution in [1.29, 1.82) is 0 Å². The number of rotatable bonds is 3. The molecule has 0 unspecified atom stereocenters. The fraction of sp³-hybridized carbons (Fsp3) is 0.562. The van der Waals surface area contributed by atoms with Crippen LogP contribution < -0.4 is 10.1 Å². The molecule has 0 radical (unpaired) electrons. The highest BCUT2D eigenvalue weighted by Gasteiger charge is 2.49. The molecule has 1 aliphatic heterocycles. The highest BCUT2D eigenvalue weighted by Crippen LogP contribution is 2.48. The Bertz CT molecular complexity index is 491. The van der Waals surface area contributed by atoms with Crippen LogP contribution in [0.3, 0.4) is 0 Å². The lowest BCUT2D eigenvalue weighted by Gasteiger charge is -2.45. The van der Waals surface area contributed by atoms with Crippen molar-refractivity contribution in [3.8, 4) is 5.75 Å². The van der Waals surface area contributed by atoms with E-state index in [0.717, 1.165) is 56.8 Å². The third-order valence-corrected chi connectivity index (χ3v) is 4.64. The Hall–Kier alpha value is -1.55. The maximum Gasteiger partial charge on any atom is 0.233 e. The molecule has 1 heterocycles. The lowest BCUT2D eigenvalue weighted by Crippen LogP contribution is -2.56. The summed E-state index contributed by atoms with van der Waals surface area (Å²) in [5.41, 5.74) is 0.724. The summed E-state index contributed by atoms with van der Waals surface area (Å²) in [6.45, 7) is 3.42. The molecule has 1 aliphatic carbocycles. The summed E-state index contributed by atoms with van der Waals surface area (Å²) in [5.74, 6) is 1.13. The number of hydrogen-bond acceptors (Lipinski definition) is 3. The maximum atomic E-state index is 13.0. The van der Waals surface area contributed by atoms with E-state index >= 15 is 0 Å². The third-order valence-electron chi connectivity index (χ3n) is 4.64. The average molecular weight is 274 g/mol. The zero-order valence-corrected chi connectivity index (χ0v) is 12.0. The first-order valence-electron chi connectivity index (χ1n) is 7.41. The Morgan fingerprint density at radius 2 is 1.95 bits per heavy atom. The molecule has 2 fully saturated rings. The van der Waals surface area contributed by atoms with Crippen molar-refractivity contribution in [2.45, 2.75) is 24.7 Å². The van der Waals surface area contributed by atoms with E-state index in [-0.39, 0.29) is 11.3 Å². The van der Waals surface area contributed by atoms with E-state index in [2.05, 4.69) is 11.4 Å². The molecule has 0 spiro atoms. The number of nitrogens with one attached hydrogen (secondary N) is 1. The minimum absolute atomic E-state index is 0.287. The van der Waals surface area contributed by atoms with Crippen LogP contribution in [0.4, 0.5) is 0 Å². The van der Waals surface area contributed by atoms with E-state index in [1.54, 1.807) is 7.11 Å². The van der Waals surface area contributed by atoms with Gasteiger partial charge in [-0.25, -0.2) is 0 Å². The molecule has 1 aromatic rings. The van der Waals surface area contributed by atoms with Crippen LogP contribution in [-0.2, 0) is 10.2 Å². The molecule has 1 saturated carbocycles. The molecule has 1 aromatic carbocycles. The molecule has 0 bridgehead atoms. The van der Waals surface area contributed by atoms with Crippen molar-refractivity contribution in [1.82, 2.24) is 10.2 Å². The molecule has 2 aliphatic rings. The standard InChI is InChI=1S/C16H22N2O2/c1-20-14-6-3-2-5-13(14)16(7-4-8-16)15(19)18-11-9-17-10-12-18/h2-3,5-6,17H,4,7-12H2,1H3. The van der Waals surface area contributed by atoms with Gasteiger partial charge in [-0.05, 0) is 18.9 Å². The van der Waals surface area contributed by atoms with Crippen molar-refractivity contribution in [2.75, 3.05) is 33.3 Å². The Balaban J connectivity index is 1.92. The molecule has 1 N–H and O–H groups in total. The molecular weight excluding hydrogens is 252 g/mol. The number of para-hydroxylation sites is 1. The van der Waals surface area contributed by atoms with Gasteiger partial charge in [-0.1, -0.05) is 24.6 Å². The number of benzene rings is 1. The fourth-order valence-electron chi connectivity index (χ4n) is 3.34. The maximum absolute atomic E-state index is 13.0. The molecule has 4 heteroatoms. The first kappa shape index (κ1) is 13.4. The normalized spacial score (nSPS) is 21.1. The number of nitrogens with zero attached hydrogens (tertiary/aromatic N) is 1. The number of hydrogen-bond donors (Lipinski definition) is 1. The topological polar surface area (TPSA) is 41.6 Å². The van der Waals surface area contributed by atoms with E-state index in [1.165, 1.54) is 0 Å². The highest BCUT2D eigenvalue weighted by molar-refractivity contribution is 5.90. The zero-order chi connectivity index (χ0) is 14.0. The number of ether oxygens (including phenoxy) is 1. The van der Waals surface area contributed by atoms with Crippen LogP contribution >= 0.6 is 0 Å². The molecular formula is C16H22N2O2. The molecule has 20 heavy (non-hydrogen) atoms. The predicted octanol–water partition coefficient (Wildman–Crippen LogP) is 1.55. The Labute approximate surface area is 120 Å². The number of piperazine rings is 1. The summed E-state index contributed by atoms with van der Waals surface area (Å²) in [7, 11) is 1.68. The smallest absolute Gasteiger partial charge is 0.233 e. The minimum Gasteiger partial charge on any atom is -0.496 e. The van der Waals surface area contributed by atoms with Crippen LogP contribution in [0.15, 0.2) is 24.3 Å². The molecule has 0 aromatic heterocycles. The quantitative estimate of drug-likeness (QED) is 0.909. The third kappa shape index (κ3) is 2.08. The monoisotopic (exact) mass is 274 g/mol. The molecule has 0 atom stereocenters. The Morgan fingerprint density at radius 3 is 2.55 bits per heavy atom. The summed E-state index contributed by atoms with van der Waals surface area (Å²) < 4.78 is 5.48. The van der Waals surface area contributed by atoms with Gasteiger partial charge in [0.25, 0.3) is 0 Å². The van der Waals surface area contributed by atoms with Crippen molar-refractivity contribution in [2.24, 2.45) is 0 Å². The van der Waals surface area contributed by atoms with E-state index in [1.807, 2.05) is 23.1 Å². The molecule has 1 amide bonds. The molecule has 108 valence electrons. The van der Waals surface area contributed by atoms with Gasteiger partial charge in [-0.15, -0.1) is 0 Å². The van der Waals surface area contributed by atoms with Gasteiger partial charge in [0.1, 0.15) is 5.75 Å². The number of carbonyl (C=O) groups is 1. The van der Waals surface area contributed by atoms with Gasteiger partial charge < -0.3 is 15.0 Å². The number of carbonyl (C=O) groups excluding carboxylic acids is 1. The summed E-state index contributed by atoms with van der Waals surface area (Å²) in [6, 6.07) is 7.98. The van der Waals surface area contributed by atoms with Gasteiger partial charge in [-0.2, -0.15) is 0 Å². The SMILES string of the molecule is COc1ccccc1C1(C(=O)N2CCNCC2)CCC1. The van der Waals surface area contributed by atoms with E-state index in [4.69, 9.17) is 4.74 Å². The van der Waals surface area contributed by atoms with Gasteiger partial charge in [0.15, 0.2) is 0 Å². The van der Waals surface area contributed by atoms with Gasteiger partial charge in [-0.3, -0.25) is 4.79 Å². The van der Waals surface area contributed by atoms with Gasteiger partial charge in [0, 0.05) is 31.7 Å². The van der Waals surface area contributed by atoms with Crippen LogP contribution in [0.1, 0.15) is 24.8 Å². The second-order valence-corrected chi connectivity index (χ2v) is 5.68. The van der Waals surface area contributed by atoms with Crippen LogP contribution in [0.5, 0.6) is 5.75 Å². The second-order valence-electron chi connectivity index (χ2n) is 5.68. The van der Waals surface area contributed by atoms with Crippen molar-refractivity contribution >= 4 is 5.91 Å². The van der Waals surface area contributed by atoms with Crippen LogP contribution in [0.2, 0.25) is 0 Å². The van der Waals surface area contributed by atoms with Gasteiger partial charge in [0.2, 0.25) is 5.91 Å². The first-order chi connectivity index (χ1) is 9.78. The van der Waals surface area contributed by atoms with Gasteiger partial charge in [0.05, 0.1) is 12.5 Å². The van der Waals surface area contributed by atoms with E-state index < -0.39 is 0 Å². The minimum atomic E-state index is -0.343. The summed E-state index contributed by atoms with van der Waals surface area (Å²) in [5, 5.41) is 3.30. The summed E-state index contributed by atoms with van der Waals surface area (Å²) >= 11 is 0. The first-order valence-corrected chi connectivity index (χ1v) is 7.41. The van der Waals surface area contributed by atoms with E-state index in [9.17, 15) is 4.79 Å². The van der Waals surface area contributed by atoms with Crippen LogP contribution in [-0.4, -0.2) is 44.1 Å². The molecule has 3 rings (SSSR count). The summed E-state index contributed by atoms with van der Waals surface area (Å²) in [4.78, 5) is 15.0. The Morgan fingerprint density at radius 1 is 1.25 bits per heavy atom. The largest absolute Gasteiger partial charge is 0.496 e. The van der Waals surface area contributed by atoms with Crippen LogP contribution in [0, 0.1) is 0 Å². The van der Waals surface area contributed by atoms with Gasteiger partial charge >= 0.3 is 0 Å². The average Bonchev–Trinajstić information content (AvgIpc) is 2.47. The van der Waals surface area contributed by atoms with Crippen molar-refractivity contribution in [3.05, 3.63) is 29.8 Å². The molecule has 4 nitrogen and oxygen atoms in total. The Kier molecular flexibility index (Phi) is 3.66. The second kappa shape index (κ2) is 5.44. The lowest BCUT2D eigenvalue weighted by molar-refractivity contribution is -0.141. The number of amides is 1. The lowest BCUT2D eigenvalue weighted by atomic mass is 9.63. The van der Waals surface area contributed by atoms with Crippen LogP contribution in [0.25, 0.3) is 0 Å². The summed E-state index contributed by atoms with van der Waals surface area (Å²) in [6.07, 6.45) is 3.00. The van der Waals surface area contributed by atoms with Crippen molar-refractivity contribution in [3.63, 3.8) is 0 Å². The van der Waals surface area contributed by atoms with E-state index in [0.29, 0.717) is 0 Å². The molecule has 1 saturated heterocycles. The van der Waals surface area contributed by atoms with Crippen molar-refractivity contribution < 1.29 is 9.53 Å². The highest BCUT2D eigenvalue weighted by atomic mass is 16.5. The predicted molar refractivity (Wildman–Crippen MR) is 78.0 cm³/mol. The zero-order valence-electron chi connectivity index (χ0n) is 12.0.